The summed E-state index contributed by atoms with van der Waals surface area (Å²) in [7, 11) is 0. The SMILES string of the molecule is CC[C@H](C(=O)NCC(C)C)N(Cc1ccccc1C)C(=O)Cc1c(Cl)cccc1Cl. The van der Waals surface area contributed by atoms with Crippen molar-refractivity contribution in [3.63, 3.8) is 0 Å². The summed E-state index contributed by atoms with van der Waals surface area (Å²) in [5.41, 5.74) is 2.66. The van der Waals surface area contributed by atoms with Gasteiger partial charge >= 0.3 is 0 Å². The number of halogens is 2. The Balaban J connectivity index is 2.35. The van der Waals surface area contributed by atoms with Crippen molar-refractivity contribution in [3.8, 4) is 0 Å². The molecular formula is C24H30Cl2N2O2. The van der Waals surface area contributed by atoms with E-state index in [4.69, 9.17) is 23.2 Å². The maximum Gasteiger partial charge on any atom is 0.242 e. The molecule has 0 aliphatic rings. The molecule has 1 atom stereocenters. The lowest BCUT2D eigenvalue weighted by Crippen LogP contribution is -2.50. The lowest BCUT2D eigenvalue weighted by Gasteiger charge is -2.31. The molecule has 0 aliphatic carbocycles. The second-order valence-corrected chi connectivity index (χ2v) is 8.70. The summed E-state index contributed by atoms with van der Waals surface area (Å²) < 4.78 is 0. The van der Waals surface area contributed by atoms with Gasteiger partial charge in [-0.3, -0.25) is 9.59 Å². The van der Waals surface area contributed by atoms with Crippen LogP contribution < -0.4 is 5.32 Å². The summed E-state index contributed by atoms with van der Waals surface area (Å²) in [6.45, 7) is 8.91. The fourth-order valence-corrected chi connectivity index (χ4v) is 3.80. The van der Waals surface area contributed by atoms with Crippen molar-refractivity contribution in [3.05, 3.63) is 69.2 Å². The van der Waals surface area contributed by atoms with Crippen LogP contribution in [0.3, 0.4) is 0 Å². The van der Waals surface area contributed by atoms with Crippen molar-refractivity contribution in [2.75, 3.05) is 6.54 Å². The van der Waals surface area contributed by atoms with Gasteiger partial charge in [0.1, 0.15) is 6.04 Å². The Kier molecular flexibility index (Phi) is 9.19. The topological polar surface area (TPSA) is 49.4 Å². The van der Waals surface area contributed by atoms with Gasteiger partial charge in [-0.25, -0.2) is 0 Å². The van der Waals surface area contributed by atoms with E-state index in [1.54, 1.807) is 23.1 Å². The van der Waals surface area contributed by atoms with Crippen LogP contribution in [0.25, 0.3) is 0 Å². The third-order valence-corrected chi connectivity index (χ3v) is 5.77. The molecule has 2 rings (SSSR count). The van der Waals surface area contributed by atoms with Crippen molar-refractivity contribution in [1.82, 2.24) is 10.2 Å². The second kappa shape index (κ2) is 11.4. The van der Waals surface area contributed by atoms with E-state index in [0.29, 0.717) is 41.0 Å². The summed E-state index contributed by atoms with van der Waals surface area (Å²) in [6, 6.07) is 12.5. The highest BCUT2D eigenvalue weighted by molar-refractivity contribution is 6.36. The van der Waals surface area contributed by atoms with Crippen LogP contribution in [0.1, 0.15) is 43.9 Å². The summed E-state index contributed by atoms with van der Waals surface area (Å²) >= 11 is 12.6. The molecule has 2 aromatic rings. The molecule has 0 bridgehead atoms. The average Bonchev–Trinajstić information content (AvgIpc) is 2.70. The molecule has 2 amide bonds. The Bertz CT molecular complexity index is 863. The molecule has 4 nitrogen and oxygen atoms in total. The zero-order chi connectivity index (χ0) is 22.3. The van der Waals surface area contributed by atoms with E-state index in [9.17, 15) is 9.59 Å². The van der Waals surface area contributed by atoms with Gasteiger partial charge in [0.2, 0.25) is 11.8 Å². The summed E-state index contributed by atoms with van der Waals surface area (Å²) in [4.78, 5) is 28.0. The molecule has 162 valence electrons. The fourth-order valence-electron chi connectivity index (χ4n) is 3.27. The Labute approximate surface area is 189 Å². The van der Waals surface area contributed by atoms with Crippen molar-refractivity contribution in [1.29, 1.82) is 0 Å². The quantitative estimate of drug-likeness (QED) is 0.556. The molecule has 0 spiro atoms. The number of rotatable bonds is 9. The van der Waals surface area contributed by atoms with E-state index in [-0.39, 0.29) is 18.2 Å². The molecule has 2 aromatic carbocycles. The molecule has 0 unspecified atom stereocenters. The molecule has 30 heavy (non-hydrogen) atoms. The van der Waals surface area contributed by atoms with E-state index in [2.05, 4.69) is 5.32 Å². The van der Waals surface area contributed by atoms with Gasteiger partial charge in [-0.05, 0) is 48.1 Å². The molecular weight excluding hydrogens is 419 g/mol. The molecule has 0 saturated heterocycles. The maximum atomic E-state index is 13.4. The van der Waals surface area contributed by atoms with E-state index >= 15 is 0 Å². The zero-order valence-electron chi connectivity index (χ0n) is 18.0. The Morgan fingerprint density at radius 1 is 1.03 bits per heavy atom. The number of nitrogens with zero attached hydrogens (tertiary/aromatic N) is 1. The van der Waals surface area contributed by atoms with Gasteiger partial charge in [-0.1, -0.05) is 74.3 Å². The first-order chi connectivity index (χ1) is 14.2. The molecule has 0 heterocycles. The fraction of sp³-hybridized carbons (Fsp3) is 0.417. The van der Waals surface area contributed by atoms with Crippen LogP contribution in [0.5, 0.6) is 0 Å². The van der Waals surface area contributed by atoms with E-state index in [1.165, 1.54) is 0 Å². The van der Waals surface area contributed by atoms with Crippen LogP contribution in [0.2, 0.25) is 10.0 Å². The monoisotopic (exact) mass is 448 g/mol. The van der Waals surface area contributed by atoms with Crippen LogP contribution in [0.4, 0.5) is 0 Å². The summed E-state index contributed by atoms with van der Waals surface area (Å²) in [6.07, 6.45) is 0.552. The number of hydrogen-bond donors (Lipinski definition) is 1. The summed E-state index contributed by atoms with van der Waals surface area (Å²) in [5.74, 6) is 0.00657. The second-order valence-electron chi connectivity index (χ2n) is 7.89. The molecule has 0 radical (unpaired) electrons. The van der Waals surface area contributed by atoms with Crippen molar-refractivity contribution in [2.45, 2.75) is 53.1 Å². The number of benzene rings is 2. The third-order valence-electron chi connectivity index (χ3n) is 5.06. The van der Waals surface area contributed by atoms with Crippen molar-refractivity contribution in [2.24, 2.45) is 5.92 Å². The van der Waals surface area contributed by atoms with Crippen molar-refractivity contribution < 1.29 is 9.59 Å². The molecule has 1 N–H and O–H groups in total. The number of carbonyl (C=O) groups is 2. The number of nitrogens with one attached hydrogen (secondary N) is 1. The Morgan fingerprint density at radius 2 is 1.67 bits per heavy atom. The van der Waals surface area contributed by atoms with E-state index < -0.39 is 6.04 Å². The van der Waals surface area contributed by atoms with Gasteiger partial charge < -0.3 is 10.2 Å². The molecule has 0 aromatic heterocycles. The van der Waals surface area contributed by atoms with Crippen molar-refractivity contribution >= 4 is 35.0 Å². The predicted molar refractivity (Wildman–Crippen MR) is 124 cm³/mol. The average molecular weight is 449 g/mol. The molecule has 0 aliphatic heterocycles. The zero-order valence-corrected chi connectivity index (χ0v) is 19.6. The Hall–Kier alpha value is -2.04. The van der Waals surface area contributed by atoms with Gasteiger partial charge in [-0.15, -0.1) is 0 Å². The lowest BCUT2D eigenvalue weighted by atomic mass is 10.0. The highest BCUT2D eigenvalue weighted by Gasteiger charge is 2.29. The van der Waals surface area contributed by atoms with Crippen LogP contribution in [0.15, 0.2) is 42.5 Å². The first kappa shape index (κ1) is 24.2. The highest BCUT2D eigenvalue weighted by Crippen LogP contribution is 2.26. The van der Waals surface area contributed by atoms with Crippen LogP contribution >= 0.6 is 23.2 Å². The smallest absolute Gasteiger partial charge is 0.242 e. The van der Waals surface area contributed by atoms with Gasteiger partial charge in [-0.2, -0.15) is 0 Å². The third kappa shape index (κ3) is 6.48. The predicted octanol–water partition coefficient (Wildman–Crippen LogP) is 5.42. The van der Waals surface area contributed by atoms with Crippen LogP contribution in [0, 0.1) is 12.8 Å². The largest absolute Gasteiger partial charge is 0.354 e. The van der Waals surface area contributed by atoms with E-state index in [0.717, 1.165) is 11.1 Å². The van der Waals surface area contributed by atoms with Gasteiger partial charge in [0.25, 0.3) is 0 Å². The minimum atomic E-state index is -0.572. The molecule has 0 fully saturated rings. The molecule has 0 saturated carbocycles. The number of aryl methyl sites for hydroxylation is 1. The maximum absolute atomic E-state index is 13.4. The van der Waals surface area contributed by atoms with Gasteiger partial charge in [0.05, 0.1) is 6.42 Å². The number of amides is 2. The lowest BCUT2D eigenvalue weighted by molar-refractivity contribution is -0.141. The van der Waals surface area contributed by atoms with Gasteiger partial charge in [0, 0.05) is 23.1 Å². The molecule has 6 heteroatoms. The van der Waals surface area contributed by atoms with Crippen LogP contribution in [-0.4, -0.2) is 29.3 Å². The minimum Gasteiger partial charge on any atom is -0.354 e. The normalized spacial score (nSPS) is 12.0. The summed E-state index contributed by atoms with van der Waals surface area (Å²) in [5, 5.41) is 3.87. The minimum absolute atomic E-state index is 0.0400. The first-order valence-electron chi connectivity index (χ1n) is 10.3. The highest BCUT2D eigenvalue weighted by atomic mass is 35.5. The van der Waals surface area contributed by atoms with E-state index in [1.807, 2.05) is 52.0 Å². The number of hydrogen-bond acceptors (Lipinski definition) is 2. The standard InChI is InChI=1S/C24H30Cl2N2O2/c1-5-22(24(30)27-14-16(2)3)28(15-18-10-7-6-9-17(18)4)23(29)13-19-20(25)11-8-12-21(19)26/h6-12,16,22H,5,13-15H2,1-4H3,(H,27,30)/t22-/m1/s1. The first-order valence-corrected chi connectivity index (χ1v) is 11.0. The number of carbonyl (C=O) groups excluding carboxylic acids is 2. The Morgan fingerprint density at radius 3 is 2.23 bits per heavy atom. The van der Waals surface area contributed by atoms with Crippen LogP contribution in [-0.2, 0) is 22.6 Å². The van der Waals surface area contributed by atoms with Gasteiger partial charge in [0.15, 0.2) is 0 Å².